The van der Waals surface area contributed by atoms with E-state index in [-0.39, 0.29) is 12.0 Å². The lowest BCUT2D eigenvalue weighted by Crippen LogP contribution is -2.45. The zero-order valence-electron chi connectivity index (χ0n) is 9.67. The molecule has 3 atom stereocenters. The van der Waals surface area contributed by atoms with Crippen LogP contribution in [0.25, 0.3) is 0 Å². The third-order valence-electron chi connectivity index (χ3n) is 2.90. The van der Waals surface area contributed by atoms with Crippen LogP contribution in [0.5, 0.6) is 11.5 Å². The molecule has 3 unspecified atom stereocenters. The summed E-state index contributed by atoms with van der Waals surface area (Å²) in [4.78, 5) is 4.21. The zero-order chi connectivity index (χ0) is 12.7. The van der Waals surface area contributed by atoms with Gasteiger partial charge in [0.25, 0.3) is 0 Å². The van der Waals surface area contributed by atoms with E-state index in [1.54, 1.807) is 18.2 Å². The first-order valence-corrected chi connectivity index (χ1v) is 5.68. The van der Waals surface area contributed by atoms with Gasteiger partial charge in [0, 0.05) is 11.9 Å². The largest absolute Gasteiger partial charge is 0.485 e. The fraction of sp³-hybridized carbons (Fsp3) is 0.364. The van der Waals surface area contributed by atoms with Gasteiger partial charge >= 0.3 is 0 Å². The Kier molecular flexibility index (Phi) is 2.76. The molecule has 1 aromatic carbocycles. The Hall–Kier alpha value is -1.52. The van der Waals surface area contributed by atoms with Gasteiger partial charge in [0.2, 0.25) is 0 Å². The molecule has 0 saturated heterocycles. The maximum atomic E-state index is 5.78. The highest BCUT2D eigenvalue weighted by Crippen LogP contribution is 2.30. The minimum atomic E-state index is -0.448. The molecule has 18 heavy (non-hydrogen) atoms. The Morgan fingerprint density at radius 3 is 2.83 bits per heavy atom. The van der Waals surface area contributed by atoms with Gasteiger partial charge in [0.05, 0.1) is 0 Å². The predicted octanol–water partition coefficient (Wildman–Crippen LogP) is -1.39. The lowest BCUT2D eigenvalue weighted by atomic mass is 9.79. The summed E-state index contributed by atoms with van der Waals surface area (Å²) in [6.07, 6.45) is -0.319. The summed E-state index contributed by atoms with van der Waals surface area (Å²) in [5, 5.41) is 2.99. The molecule has 0 saturated carbocycles. The quantitative estimate of drug-likeness (QED) is 0.608. The van der Waals surface area contributed by atoms with E-state index in [2.05, 4.69) is 10.3 Å². The van der Waals surface area contributed by atoms with Crippen molar-refractivity contribution < 1.29 is 9.47 Å². The summed E-state index contributed by atoms with van der Waals surface area (Å²) in [5.74, 6) is 1.07. The van der Waals surface area contributed by atoms with Crippen molar-refractivity contribution in [2.24, 2.45) is 4.99 Å². The molecule has 84 valence electrons. The number of hydrogen-bond donors (Lipinski definition) is 1. The molecule has 2 aliphatic heterocycles. The Labute approximate surface area is 109 Å². The third-order valence-corrected chi connectivity index (χ3v) is 2.90. The first kappa shape index (κ1) is 11.6. The maximum Gasteiger partial charge on any atom is 0.189 e. The van der Waals surface area contributed by atoms with Crippen LogP contribution in [-0.2, 0) is 0 Å². The van der Waals surface area contributed by atoms with Gasteiger partial charge < -0.3 is 14.8 Å². The summed E-state index contributed by atoms with van der Waals surface area (Å²) in [6.45, 7) is 0.349. The molecule has 0 fully saturated rings. The van der Waals surface area contributed by atoms with Gasteiger partial charge in [0.15, 0.2) is 17.6 Å². The number of nitrogens with one attached hydrogen (secondary N) is 1. The molecule has 6 radical (unpaired) electrons. The van der Waals surface area contributed by atoms with E-state index in [0.717, 1.165) is 0 Å². The van der Waals surface area contributed by atoms with Crippen molar-refractivity contribution >= 4 is 34.8 Å². The minimum absolute atomic E-state index is 0.319. The number of amidine groups is 1. The van der Waals surface area contributed by atoms with Crippen molar-refractivity contribution in [3.05, 3.63) is 18.2 Å². The number of hydrogen-bond acceptors (Lipinski definition) is 4. The molecular weight excluding hydrogens is 225 g/mol. The van der Waals surface area contributed by atoms with Gasteiger partial charge in [-0.15, -0.1) is 0 Å². The van der Waals surface area contributed by atoms with Gasteiger partial charge in [-0.05, 0) is 12.1 Å². The first-order valence-electron chi connectivity index (χ1n) is 5.68. The molecule has 2 aliphatic rings. The molecular formula is C11H9B3N2O2. The Morgan fingerprint density at radius 2 is 2.11 bits per heavy atom. The van der Waals surface area contributed by atoms with Crippen LogP contribution in [0.1, 0.15) is 0 Å². The van der Waals surface area contributed by atoms with Crippen molar-refractivity contribution in [1.82, 2.24) is 5.32 Å². The molecule has 7 heteroatoms. The standard InChI is InChI=1S/C11H9B3N2O2/c12-5-1-2-6-7(3-5)17-4-8(18-6)11-15-9(13)10(14)16-11/h1-3,8-10H,4H2,(H,15,16). The SMILES string of the molecule is [B]c1ccc2c(c1)OCC(C1=NC([B])C([B])N1)O2. The summed E-state index contributed by atoms with van der Waals surface area (Å²) in [5.41, 5.74) is 0.635. The van der Waals surface area contributed by atoms with Crippen LogP contribution in [0.2, 0.25) is 0 Å². The average Bonchev–Trinajstić information content (AvgIpc) is 2.69. The zero-order valence-corrected chi connectivity index (χ0v) is 9.67. The van der Waals surface area contributed by atoms with Crippen molar-refractivity contribution in [3.8, 4) is 11.5 Å². The van der Waals surface area contributed by atoms with Crippen molar-refractivity contribution in [3.63, 3.8) is 0 Å². The highest BCUT2D eigenvalue weighted by molar-refractivity contribution is 6.32. The summed E-state index contributed by atoms with van der Waals surface area (Å²) in [6, 6.07) is 5.25. The Balaban J connectivity index is 1.79. The Morgan fingerprint density at radius 1 is 1.28 bits per heavy atom. The maximum absolute atomic E-state index is 5.78. The predicted molar refractivity (Wildman–Crippen MR) is 71.4 cm³/mol. The van der Waals surface area contributed by atoms with Crippen LogP contribution in [0, 0.1) is 0 Å². The van der Waals surface area contributed by atoms with Crippen LogP contribution < -0.4 is 20.3 Å². The highest BCUT2D eigenvalue weighted by Gasteiger charge is 2.31. The van der Waals surface area contributed by atoms with Gasteiger partial charge in [-0.2, -0.15) is 0 Å². The number of nitrogens with zero attached hydrogens (tertiary/aromatic N) is 1. The number of rotatable bonds is 1. The molecule has 4 nitrogen and oxygen atoms in total. The topological polar surface area (TPSA) is 42.8 Å². The normalized spacial score (nSPS) is 29.6. The minimum Gasteiger partial charge on any atom is -0.485 e. The van der Waals surface area contributed by atoms with Crippen LogP contribution in [-0.4, -0.2) is 54.0 Å². The fourth-order valence-electron chi connectivity index (χ4n) is 1.93. The van der Waals surface area contributed by atoms with Crippen LogP contribution >= 0.6 is 0 Å². The van der Waals surface area contributed by atoms with E-state index >= 15 is 0 Å². The molecule has 1 N–H and O–H groups in total. The average molecular weight is 234 g/mol. The fourth-order valence-corrected chi connectivity index (χ4v) is 1.93. The second kappa shape index (κ2) is 4.30. The molecule has 3 rings (SSSR count). The molecule has 0 spiro atoms. The van der Waals surface area contributed by atoms with Gasteiger partial charge in [-0.25, -0.2) is 0 Å². The van der Waals surface area contributed by atoms with Crippen LogP contribution in [0.3, 0.4) is 0 Å². The first-order chi connectivity index (χ1) is 8.63. The molecule has 2 heterocycles. The van der Waals surface area contributed by atoms with E-state index in [9.17, 15) is 0 Å². The van der Waals surface area contributed by atoms with Crippen molar-refractivity contribution in [2.45, 2.75) is 18.0 Å². The molecule has 0 aliphatic carbocycles. The molecule has 1 aromatic rings. The monoisotopic (exact) mass is 234 g/mol. The smallest absolute Gasteiger partial charge is 0.189 e. The molecule has 0 bridgehead atoms. The van der Waals surface area contributed by atoms with Gasteiger partial charge in [0.1, 0.15) is 36.0 Å². The summed E-state index contributed by atoms with van der Waals surface area (Å²) in [7, 11) is 17.1. The highest BCUT2D eigenvalue weighted by atomic mass is 16.6. The van der Waals surface area contributed by atoms with E-state index in [0.29, 0.717) is 29.4 Å². The summed E-state index contributed by atoms with van der Waals surface area (Å²) >= 11 is 0. The lowest BCUT2D eigenvalue weighted by Gasteiger charge is -2.27. The number of fused-ring (bicyclic) bond motifs is 1. The van der Waals surface area contributed by atoms with Gasteiger partial charge in [-0.3, -0.25) is 4.99 Å². The molecule has 0 amide bonds. The van der Waals surface area contributed by atoms with Crippen molar-refractivity contribution in [2.75, 3.05) is 6.61 Å². The van der Waals surface area contributed by atoms with E-state index < -0.39 is 5.94 Å². The number of ether oxygens (including phenoxy) is 2. The van der Waals surface area contributed by atoms with Crippen LogP contribution in [0.15, 0.2) is 23.2 Å². The summed E-state index contributed by atoms with van der Waals surface area (Å²) < 4.78 is 11.4. The Bertz CT molecular complexity index is 509. The number of benzene rings is 1. The van der Waals surface area contributed by atoms with Gasteiger partial charge in [-0.1, -0.05) is 11.5 Å². The van der Waals surface area contributed by atoms with Crippen molar-refractivity contribution in [1.29, 1.82) is 0 Å². The van der Waals surface area contributed by atoms with E-state index in [4.69, 9.17) is 33.0 Å². The lowest BCUT2D eigenvalue weighted by molar-refractivity contribution is 0.133. The third kappa shape index (κ3) is 1.98. The molecule has 0 aromatic heterocycles. The van der Waals surface area contributed by atoms with Crippen LogP contribution in [0.4, 0.5) is 0 Å². The number of aliphatic imine (C=N–C) groups is 1. The second-order valence-corrected chi connectivity index (χ2v) is 4.30. The van der Waals surface area contributed by atoms with E-state index in [1.807, 2.05) is 0 Å². The van der Waals surface area contributed by atoms with E-state index in [1.165, 1.54) is 0 Å². The second-order valence-electron chi connectivity index (χ2n) is 4.30.